The molecule has 1 N–H and O–H groups in total. The minimum absolute atomic E-state index is 0.0464. The molecule has 1 aromatic carbocycles. The minimum Gasteiger partial charge on any atom is -0.490 e. The van der Waals surface area contributed by atoms with Gasteiger partial charge in [0.2, 0.25) is 5.95 Å². The van der Waals surface area contributed by atoms with Gasteiger partial charge >= 0.3 is 5.97 Å². The molecule has 2 heterocycles. The fourth-order valence-corrected chi connectivity index (χ4v) is 4.78. The van der Waals surface area contributed by atoms with E-state index in [-0.39, 0.29) is 12.1 Å². The van der Waals surface area contributed by atoms with Crippen molar-refractivity contribution in [1.82, 2.24) is 20.2 Å². The van der Waals surface area contributed by atoms with E-state index in [4.69, 9.17) is 14.2 Å². The van der Waals surface area contributed by atoms with Crippen LogP contribution in [0, 0.1) is 0 Å². The number of esters is 1. The molecule has 0 spiro atoms. The molecule has 9 heteroatoms. The molecule has 9 nitrogen and oxygen atoms in total. The summed E-state index contributed by atoms with van der Waals surface area (Å²) >= 11 is 0. The zero-order chi connectivity index (χ0) is 24.6. The second-order valence-electron chi connectivity index (χ2n) is 9.23. The van der Waals surface area contributed by atoms with Crippen LogP contribution in [-0.2, 0) is 9.53 Å². The fourth-order valence-electron chi connectivity index (χ4n) is 4.78. The van der Waals surface area contributed by atoms with Crippen LogP contribution in [0.3, 0.4) is 0 Å². The van der Waals surface area contributed by atoms with Gasteiger partial charge in [0.1, 0.15) is 12.1 Å². The van der Waals surface area contributed by atoms with Crippen LogP contribution in [-0.4, -0.2) is 45.5 Å². The van der Waals surface area contributed by atoms with Gasteiger partial charge in [0.15, 0.2) is 11.5 Å². The highest BCUT2D eigenvalue weighted by atomic mass is 16.5. The Balaban J connectivity index is 1.61. The highest BCUT2D eigenvalue weighted by Gasteiger charge is 2.36. The van der Waals surface area contributed by atoms with Crippen molar-refractivity contribution in [3.8, 4) is 11.5 Å². The van der Waals surface area contributed by atoms with Crippen LogP contribution >= 0.6 is 0 Å². The van der Waals surface area contributed by atoms with Gasteiger partial charge in [0.25, 0.3) is 0 Å². The highest BCUT2D eigenvalue weighted by Crippen LogP contribution is 2.39. The third kappa shape index (κ3) is 5.94. The van der Waals surface area contributed by atoms with Crippen LogP contribution in [0.2, 0.25) is 0 Å². The second kappa shape index (κ2) is 12.0. The summed E-state index contributed by atoms with van der Waals surface area (Å²) in [5.41, 5.74) is 2.02. The summed E-state index contributed by atoms with van der Waals surface area (Å²) in [4.78, 5) is 13.4. The quantitative estimate of drug-likeness (QED) is 0.344. The molecule has 1 fully saturated rings. The van der Waals surface area contributed by atoms with E-state index in [1.54, 1.807) is 4.68 Å². The monoisotopic (exact) mass is 483 g/mol. The van der Waals surface area contributed by atoms with Crippen LogP contribution in [0.4, 0.5) is 5.95 Å². The SMILES string of the molecule is CCCCCCOc1ccc(C2C(C(=O)OC3CCCCC3)=C(C)Nc3nnnn32)cc1OCC. The van der Waals surface area contributed by atoms with Gasteiger partial charge in [0.05, 0.1) is 18.8 Å². The molecule has 0 saturated heterocycles. The number of nitrogens with one attached hydrogen (secondary N) is 1. The van der Waals surface area contributed by atoms with E-state index in [1.807, 2.05) is 32.0 Å². The van der Waals surface area contributed by atoms with Crippen molar-refractivity contribution in [3.05, 3.63) is 35.0 Å². The van der Waals surface area contributed by atoms with Crippen LogP contribution in [0.15, 0.2) is 29.5 Å². The third-order valence-corrected chi connectivity index (χ3v) is 6.60. The largest absolute Gasteiger partial charge is 0.490 e. The second-order valence-corrected chi connectivity index (χ2v) is 9.23. The maximum Gasteiger partial charge on any atom is 0.338 e. The first kappa shape index (κ1) is 25.0. The Hall–Kier alpha value is -3.10. The lowest BCUT2D eigenvalue weighted by molar-refractivity contribution is -0.146. The minimum atomic E-state index is -0.532. The van der Waals surface area contributed by atoms with Gasteiger partial charge in [-0.25, -0.2) is 4.79 Å². The Morgan fingerprint density at radius 3 is 2.69 bits per heavy atom. The number of carbonyl (C=O) groups is 1. The highest BCUT2D eigenvalue weighted by molar-refractivity contribution is 5.92. The number of anilines is 1. The summed E-state index contributed by atoms with van der Waals surface area (Å²) in [7, 11) is 0. The predicted molar refractivity (Wildman–Crippen MR) is 132 cm³/mol. The van der Waals surface area contributed by atoms with Crippen LogP contribution in [0.5, 0.6) is 11.5 Å². The van der Waals surface area contributed by atoms with Gasteiger partial charge in [-0.15, -0.1) is 0 Å². The van der Waals surface area contributed by atoms with Crippen LogP contribution in [0.1, 0.15) is 90.2 Å². The lowest BCUT2D eigenvalue weighted by Crippen LogP contribution is -2.32. The van der Waals surface area contributed by atoms with E-state index >= 15 is 0 Å². The van der Waals surface area contributed by atoms with Gasteiger partial charge in [-0.2, -0.15) is 4.68 Å². The molecule has 1 unspecified atom stereocenters. The summed E-state index contributed by atoms with van der Waals surface area (Å²) in [5.74, 6) is 1.49. The fraction of sp³-hybridized carbons (Fsp3) is 0.615. The van der Waals surface area contributed by atoms with Gasteiger partial charge < -0.3 is 19.5 Å². The van der Waals surface area contributed by atoms with E-state index in [1.165, 1.54) is 19.3 Å². The molecule has 35 heavy (non-hydrogen) atoms. The molecular weight excluding hydrogens is 446 g/mol. The number of hydrogen-bond acceptors (Lipinski definition) is 8. The van der Waals surface area contributed by atoms with Crippen molar-refractivity contribution in [2.75, 3.05) is 18.5 Å². The summed E-state index contributed by atoms with van der Waals surface area (Å²) < 4.78 is 19.5. The molecule has 1 aliphatic carbocycles. The number of tetrazole rings is 1. The van der Waals surface area contributed by atoms with Crippen molar-refractivity contribution < 1.29 is 19.0 Å². The first-order chi connectivity index (χ1) is 17.1. The Labute approximate surface area is 207 Å². The number of benzene rings is 1. The van der Waals surface area contributed by atoms with Crippen molar-refractivity contribution in [2.24, 2.45) is 0 Å². The normalized spacial score (nSPS) is 18.1. The first-order valence-electron chi connectivity index (χ1n) is 13.0. The van der Waals surface area contributed by atoms with E-state index in [9.17, 15) is 4.79 Å². The van der Waals surface area contributed by atoms with E-state index in [2.05, 4.69) is 27.8 Å². The summed E-state index contributed by atoms with van der Waals surface area (Å²) in [6, 6.07) is 5.25. The standard InChI is InChI=1S/C26H37N5O4/c1-4-6-7-11-16-34-21-15-14-19(17-22(21)33-5-2)24-23(18(3)27-26-28-29-30-31(24)26)25(32)35-20-12-9-8-10-13-20/h14-15,17,20,24H,4-13,16H2,1-3H3,(H,27,28,30). The topological polar surface area (TPSA) is 100 Å². The summed E-state index contributed by atoms with van der Waals surface area (Å²) in [6.45, 7) is 7.14. The maximum atomic E-state index is 13.4. The molecule has 1 atom stereocenters. The Morgan fingerprint density at radius 1 is 1.09 bits per heavy atom. The summed E-state index contributed by atoms with van der Waals surface area (Å²) in [6.07, 6.45) is 9.68. The number of hydrogen-bond donors (Lipinski definition) is 1. The molecule has 1 aliphatic heterocycles. The Morgan fingerprint density at radius 2 is 1.91 bits per heavy atom. The van der Waals surface area contributed by atoms with E-state index < -0.39 is 6.04 Å². The van der Waals surface area contributed by atoms with Gasteiger partial charge in [-0.1, -0.05) is 43.8 Å². The number of carbonyl (C=O) groups excluding carboxylic acids is 1. The molecule has 2 aliphatic rings. The number of fused-ring (bicyclic) bond motifs is 1. The van der Waals surface area contributed by atoms with Crippen molar-refractivity contribution in [2.45, 2.75) is 90.7 Å². The number of aromatic nitrogens is 4. The first-order valence-corrected chi connectivity index (χ1v) is 13.0. The molecule has 4 rings (SSSR count). The van der Waals surface area contributed by atoms with Crippen LogP contribution in [0.25, 0.3) is 0 Å². The molecule has 0 bridgehead atoms. The Kier molecular flexibility index (Phi) is 8.60. The number of rotatable bonds is 11. The number of allylic oxidation sites excluding steroid dienone is 1. The number of unbranched alkanes of at least 4 members (excludes halogenated alkanes) is 3. The van der Waals surface area contributed by atoms with Crippen LogP contribution < -0.4 is 14.8 Å². The lowest BCUT2D eigenvalue weighted by atomic mass is 9.94. The number of ether oxygens (including phenoxy) is 3. The van der Waals surface area contributed by atoms with Crippen molar-refractivity contribution in [3.63, 3.8) is 0 Å². The predicted octanol–water partition coefficient (Wildman–Crippen LogP) is 5.20. The third-order valence-electron chi connectivity index (χ3n) is 6.60. The van der Waals surface area contributed by atoms with Gasteiger partial charge in [-0.3, -0.25) is 0 Å². The van der Waals surface area contributed by atoms with E-state index in [0.717, 1.165) is 44.1 Å². The average molecular weight is 484 g/mol. The number of nitrogens with zero attached hydrogens (tertiary/aromatic N) is 4. The maximum absolute atomic E-state index is 13.4. The molecule has 190 valence electrons. The average Bonchev–Trinajstić information content (AvgIpc) is 3.32. The smallest absolute Gasteiger partial charge is 0.338 e. The molecular formula is C26H37N5O4. The van der Waals surface area contributed by atoms with Crippen molar-refractivity contribution >= 4 is 11.9 Å². The molecule has 1 saturated carbocycles. The van der Waals surface area contributed by atoms with E-state index in [0.29, 0.717) is 41.9 Å². The Bertz CT molecular complexity index is 1030. The molecule has 2 aromatic rings. The van der Waals surface area contributed by atoms with Gasteiger partial charge in [-0.05, 0) is 74.1 Å². The molecule has 0 amide bonds. The zero-order valence-electron chi connectivity index (χ0n) is 21.1. The lowest BCUT2D eigenvalue weighted by Gasteiger charge is -2.30. The summed E-state index contributed by atoms with van der Waals surface area (Å²) in [5, 5.41) is 15.2. The molecule has 1 aromatic heterocycles. The molecule has 0 radical (unpaired) electrons. The van der Waals surface area contributed by atoms with Gasteiger partial charge in [0, 0.05) is 5.70 Å². The zero-order valence-corrected chi connectivity index (χ0v) is 21.1. The van der Waals surface area contributed by atoms with Crippen molar-refractivity contribution in [1.29, 1.82) is 0 Å².